The van der Waals surface area contributed by atoms with Crippen molar-refractivity contribution in [3.63, 3.8) is 0 Å². The van der Waals surface area contributed by atoms with E-state index >= 15 is 0 Å². The SMILES string of the molecule is CCC/C=C/c1cc(C)c(-c2cc(F)cc3cnc(Cl)nc23)c(C)c1. The van der Waals surface area contributed by atoms with Crippen molar-refractivity contribution in [1.82, 2.24) is 9.97 Å². The van der Waals surface area contributed by atoms with Crippen LogP contribution in [0.1, 0.15) is 36.5 Å². The Morgan fingerprint density at radius 1 is 1.12 bits per heavy atom. The average molecular weight is 355 g/mol. The van der Waals surface area contributed by atoms with Gasteiger partial charge in [-0.05, 0) is 66.3 Å². The molecule has 2 aromatic carbocycles. The smallest absolute Gasteiger partial charge is 0.222 e. The predicted molar refractivity (Wildman–Crippen MR) is 103 cm³/mol. The van der Waals surface area contributed by atoms with Crippen LogP contribution in [0.2, 0.25) is 5.28 Å². The molecule has 0 aliphatic rings. The first-order chi connectivity index (χ1) is 12.0. The molecule has 0 aliphatic carbocycles. The number of rotatable bonds is 4. The molecule has 0 bridgehead atoms. The van der Waals surface area contributed by atoms with E-state index in [2.05, 4.69) is 41.2 Å². The number of unbranched alkanes of at least 4 members (excludes halogenated alkanes) is 1. The van der Waals surface area contributed by atoms with E-state index in [1.165, 1.54) is 12.1 Å². The minimum atomic E-state index is -0.306. The van der Waals surface area contributed by atoms with E-state index in [-0.39, 0.29) is 11.1 Å². The van der Waals surface area contributed by atoms with Gasteiger partial charge in [-0.1, -0.05) is 37.6 Å². The summed E-state index contributed by atoms with van der Waals surface area (Å²) in [7, 11) is 0. The van der Waals surface area contributed by atoms with Gasteiger partial charge in [0.1, 0.15) is 5.82 Å². The summed E-state index contributed by atoms with van der Waals surface area (Å²) in [6, 6.07) is 7.19. The molecule has 1 aromatic heterocycles. The molecule has 0 atom stereocenters. The lowest BCUT2D eigenvalue weighted by Crippen LogP contribution is -1.95. The maximum atomic E-state index is 14.1. The number of aromatic nitrogens is 2. The minimum absolute atomic E-state index is 0.162. The quantitative estimate of drug-likeness (QED) is 0.498. The van der Waals surface area contributed by atoms with Crippen LogP contribution in [0, 0.1) is 19.7 Å². The number of benzene rings is 2. The molecule has 0 saturated carbocycles. The molecule has 1 heterocycles. The zero-order chi connectivity index (χ0) is 18.0. The van der Waals surface area contributed by atoms with Crippen molar-refractivity contribution in [1.29, 1.82) is 0 Å². The Balaban J connectivity index is 2.20. The van der Waals surface area contributed by atoms with E-state index in [0.717, 1.165) is 40.7 Å². The summed E-state index contributed by atoms with van der Waals surface area (Å²) in [5, 5.41) is 0.805. The largest absolute Gasteiger partial charge is 0.226 e. The van der Waals surface area contributed by atoms with Crippen molar-refractivity contribution >= 4 is 28.6 Å². The maximum absolute atomic E-state index is 14.1. The summed E-state index contributed by atoms with van der Waals surface area (Å²) in [5.74, 6) is -0.306. The third kappa shape index (κ3) is 3.72. The average Bonchev–Trinajstić information content (AvgIpc) is 2.55. The highest BCUT2D eigenvalue weighted by Gasteiger charge is 2.14. The van der Waals surface area contributed by atoms with Gasteiger partial charge in [0, 0.05) is 17.1 Å². The summed E-state index contributed by atoms with van der Waals surface area (Å²) in [6.45, 7) is 6.24. The Bertz CT molecular complexity index is 941. The van der Waals surface area contributed by atoms with Crippen LogP contribution in [0.5, 0.6) is 0 Å². The first-order valence-corrected chi connectivity index (χ1v) is 8.77. The van der Waals surface area contributed by atoms with Crippen LogP contribution in [0.15, 0.2) is 36.5 Å². The Kier molecular flexibility index (Phi) is 5.14. The van der Waals surface area contributed by atoms with Crippen molar-refractivity contribution < 1.29 is 4.39 Å². The number of allylic oxidation sites excluding steroid dienone is 1. The minimum Gasteiger partial charge on any atom is -0.226 e. The molecule has 2 nitrogen and oxygen atoms in total. The van der Waals surface area contributed by atoms with Crippen LogP contribution in [0.25, 0.3) is 28.1 Å². The summed E-state index contributed by atoms with van der Waals surface area (Å²) in [6.07, 6.45) is 8.06. The van der Waals surface area contributed by atoms with Gasteiger partial charge in [-0.25, -0.2) is 14.4 Å². The lowest BCUT2D eigenvalue weighted by Gasteiger charge is -2.14. The fraction of sp³-hybridized carbons (Fsp3) is 0.238. The molecule has 128 valence electrons. The van der Waals surface area contributed by atoms with Crippen LogP contribution >= 0.6 is 11.6 Å². The van der Waals surface area contributed by atoms with E-state index in [0.29, 0.717) is 10.9 Å². The summed E-state index contributed by atoms with van der Waals surface area (Å²) in [5.41, 5.74) is 5.73. The third-order valence-corrected chi connectivity index (χ3v) is 4.39. The van der Waals surface area contributed by atoms with Gasteiger partial charge in [0.05, 0.1) is 5.52 Å². The second-order valence-corrected chi connectivity index (χ2v) is 6.59. The summed E-state index contributed by atoms with van der Waals surface area (Å²) >= 11 is 5.97. The molecule has 0 N–H and O–H groups in total. The van der Waals surface area contributed by atoms with Gasteiger partial charge in [0.25, 0.3) is 0 Å². The summed E-state index contributed by atoms with van der Waals surface area (Å²) < 4.78 is 14.1. The number of halogens is 2. The molecule has 0 unspecified atom stereocenters. The Labute approximate surface area is 152 Å². The number of fused-ring (bicyclic) bond motifs is 1. The number of nitrogens with zero attached hydrogens (tertiary/aromatic N) is 2. The second kappa shape index (κ2) is 7.32. The van der Waals surface area contributed by atoms with Crippen LogP contribution in [0.3, 0.4) is 0 Å². The highest BCUT2D eigenvalue weighted by Crippen LogP contribution is 2.34. The van der Waals surface area contributed by atoms with E-state index in [4.69, 9.17) is 11.6 Å². The van der Waals surface area contributed by atoms with Crippen LogP contribution in [-0.4, -0.2) is 9.97 Å². The topological polar surface area (TPSA) is 25.8 Å². The molecule has 25 heavy (non-hydrogen) atoms. The molecule has 0 amide bonds. The lowest BCUT2D eigenvalue weighted by molar-refractivity contribution is 0.630. The zero-order valence-corrected chi connectivity index (χ0v) is 15.4. The van der Waals surface area contributed by atoms with Gasteiger partial charge in [0.15, 0.2) is 0 Å². The first-order valence-electron chi connectivity index (χ1n) is 8.39. The van der Waals surface area contributed by atoms with Gasteiger partial charge in [-0.3, -0.25) is 0 Å². The molecule has 3 aromatic rings. The van der Waals surface area contributed by atoms with Crippen LogP contribution in [-0.2, 0) is 0 Å². The Hall–Kier alpha value is -2.26. The predicted octanol–water partition coefficient (Wildman–Crippen LogP) is 6.52. The Morgan fingerprint density at radius 2 is 1.84 bits per heavy atom. The molecular weight excluding hydrogens is 335 g/mol. The molecule has 0 radical (unpaired) electrons. The number of hydrogen-bond donors (Lipinski definition) is 0. The fourth-order valence-electron chi connectivity index (χ4n) is 3.18. The second-order valence-electron chi connectivity index (χ2n) is 6.25. The van der Waals surface area contributed by atoms with Crippen molar-refractivity contribution in [3.05, 3.63) is 64.3 Å². The first kappa shape index (κ1) is 17.6. The van der Waals surface area contributed by atoms with Crippen LogP contribution in [0.4, 0.5) is 4.39 Å². The highest BCUT2D eigenvalue weighted by atomic mass is 35.5. The van der Waals surface area contributed by atoms with Crippen LogP contribution < -0.4 is 0 Å². The van der Waals surface area contributed by atoms with Crippen molar-refractivity contribution in [2.75, 3.05) is 0 Å². The standard InChI is InChI=1S/C21H20ClFN2/c1-4-5-6-7-15-8-13(2)19(14(3)9-15)18-11-17(23)10-16-12-24-21(22)25-20(16)18/h6-12H,4-5H2,1-3H3/b7-6+. The highest BCUT2D eigenvalue weighted by molar-refractivity contribution is 6.28. The van der Waals surface area contributed by atoms with E-state index in [1.807, 2.05) is 13.8 Å². The number of aryl methyl sites for hydroxylation is 2. The zero-order valence-electron chi connectivity index (χ0n) is 14.6. The molecule has 4 heteroatoms. The van der Waals surface area contributed by atoms with E-state index < -0.39 is 0 Å². The molecular formula is C21H20ClFN2. The third-order valence-electron chi connectivity index (χ3n) is 4.21. The van der Waals surface area contributed by atoms with E-state index in [9.17, 15) is 4.39 Å². The van der Waals surface area contributed by atoms with Gasteiger partial charge >= 0.3 is 0 Å². The summed E-state index contributed by atoms with van der Waals surface area (Å²) in [4.78, 5) is 8.29. The lowest BCUT2D eigenvalue weighted by atomic mass is 9.92. The fourth-order valence-corrected chi connectivity index (χ4v) is 3.32. The normalized spacial score (nSPS) is 11.6. The molecule has 0 fully saturated rings. The molecule has 0 saturated heterocycles. The van der Waals surface area contributed by atoms with Crippen molar-refractivity contribution in [3.8, 4) is 11.1 Å². The molecule has 0 spiro atoms. The van der Waals surface area contributed by atoms with Gasteiger partial charge in [-0.15, -0.1) is 0 Å². The maximum Gasteiger partial charge on any atom is 0.222 e. The monoisotopic (exact) mass is 354 g/mol. The Morgan fingerprint density at radius 3 is 2.52 bits per heavy atom. The van der Waals surface area contributed by atoms with Crippen molar-refractivity contribution in [2.24, 2.45) is 0 Å². The van der Waals surface area contributed by atoms with Gasteiger partial charge in [0.2, 0.25) is 5.28 Å². The van der Waals surface area contributed by atoms with E-state index in [1.54, 1.807) is 6.20 Å². The van der Waals surface area contributed by atoms with Crippen molar-refractivity contribution in [2.45, 2.75) is 33.6 Å². The van der Waals surface area contributed by atoms with Gasteiger partial charge < -0.3 is 0 Å². The molecule has 3 rings (SSSR count). The number of hydrogen-bond acceptors (Lipinski definition) is 2. The van der Waals surface area contributed by atoms with Gasteiger partial charge in [-0.2, -0.15) is 0 Å². The molecule has 0 aliphatic heterocycles.